The number of carbonyl (C=O) groups excluding carboxylic acids is 1. The molecule has 4 atom stereocenters. The third-order valence-corrected chi connectivity index (χ3v) is 4.60. The molecule has 1 aromatic heterocycles. The Morgan fingerprint density at radius 1 is 1.24 bits per heavy atom. The molecule has 8 heteroatoms. The Kier molecular flexibility index (Phi) is 4.37. The van der Waals surface area contributed by atoms with Gasteiger partial charge in [0.05, 0.1) is 25.5 Å². The molecule has 0 spiro atoms. The number of aromatic nitrogens is 3. The Morgan fingerprint density at radius 3 is 2.84 bits per heavy atom. The number of urea groups is 1. The molecule has 0 radical (unpaired) electrons. The lowest BCUT2D eigenvalue weighted by Crippen LogP contribution is -2.48. The number of benzene rings is 1. The Labute approximate surface area is 145 Å². The average Bonchev–Trinajstić information content (AvgIpc) is 3.33. The summed E-state index contributed by atoms with van der Waals surface area (Å²) in [4.78, 5) is 11.7. The van der Waals surface area contributed by atoms with Gasteiger partial charge < -0.3 is 20.1 Å². The molecular formula is C17H21N5O3. The van der Waals surface area contributed by atoms with Crippen LogP contribution in [0.1, 0.15) is 13.0 Å². The number of rotatable bonds is 4. The van der Waals surface area contributed by atoms with Crippen LogP contribution in [-0.4, -0.2) is 59.0 Å². The molecule has 3 heterocycles. The summed E-state index contributed by atoms with van der Waals surface area (Å²) in [6.07, 6.45) is 1.61. The van der Waals surface area contributed by atoms with Crippen LogP contribution in [0.2, 0.25) is 0 Å². The zero-order valence-corrected chi connectivity index (χ0v) is 14.0. The number of carbonyl (C=O) groups is 1. The van der Waals surface area contributed by atoms with Gasteiger partial charge in [0.2, 0.25) is 0 Å². The van der Waals surface area contributed by atoms with Crippen molar-refractivity contribution in [3.8, 4) is 11.3 Å². The van der Waals surface area contributed by atoms with Gasteiger partial charge in [-0.25, -0.2) is 9.48 Å². The van der Waals surface area contributed by atoms with Crippen LogP contribution in [0.4, 0.5) is 4.79 Å². The summed E-state index contributed by atoms with van der Waals surface area (Å²) >= 11 is 0. The second-order valence-electron chi connectivity index (χ2n) is 6.22. The number of nitrogens with one attached hydrogen (secondary N) is 2. The largest absolute Gasteiger partial charge is 0.371 e. The van der Waals surface area contributed by atoms with E-state index < -0.39 is 0 Å². The minimum absolute atomic E-state index is 0.0454. The van der Waals surface area contributed by atoms with E-state index in [1.807, 2.05) is 48.1 Å². The molecule has 132 valence electrons. The molecule has 2 amide bonds. The molecule has 4 rings (SSSR count). The highest BCUT2D eigenvalue weighted by Crippen LogP contribution is 2.34. The van der Waals surface area contributed by atoms with Gasteiger partial charge in [0.15, 0.2) is 0 Å². The van der Waals surface area contributed by atoms with Crippen molar-refractivity contribution in [2.45, 2.75) is 31.2 Å². The maximum atomic E-state index is 11.7. The number of hydrogen-bond donors (Lipinski definition) is 2. The van der Waals surface area contributed by atoms with Gasteiger partial charge in [0.1, 0.15) is 23.9 Å². The molecule has 0 unspecified atom stereocenters. The highest BCUT2D eigenvalue weighted by Gasteiger charge is 2.49. The lowest BCUT2D eigenvalue weighted by molar-refractivity contribution is 0.0622. The average molecular weight is 343 g/mol. The molecule has 2 saturated heterocycles. The van der Waals surface area contributed by atoms with Crippen molar-refractivity contribution in [3.63, 3.8) is 0 Å². The molecule has 8 nitrogen and oxygen atoms in total. The molecular weight excluding hydrogens is 322 g/mol. The first-order chi connectivity index (χ1) is 12.3. The van der Waals surface area contributed by atoms with Crippen LogP contribution in [-0.2, 0) is 9.47 Å². The van der Waals surface area contributed by atoms with Crippen LogP contribution < -0.4 is 10.6 Å². The maximum Gasteiger partial charge on any atom is 0.315 e. The van der Waals surface area contributed by atoms with Crippen LogP contribution >= 0.6 is 0 Å². The van der Waals surface area contributed by atoms with E-state index in [1.54, 1.807) is 0 Å². The number of amides is 2. The lowest BCUT2D eigenvalue weighted by Gasteiger charge is -2.17. The Morgan fingerprint density at radius 2 is 2.04 bits per heavy atom. The first-order valence-electron chi connectivity index (χ1n) is 8.51. The summed E-state index contributed by atoms with van der Waals surface area (Å²) in [6, 6.07) is 9.52. The van der Waals surface area contributed by atoms with E-state index in [0.29, 0.717) is 19.8 Å². The normalized spacial score (nSPS) is 27.9. The van der Waals surface area contributed by atoms with Crippen molar-refractivity contribution in [1.82, 2.24) is 25.6 Å². The SMILES string of the molecule is CCNC(=O)N[C@@H]1CO[C@@H]2[C@@H]1OC[C@@H]2n1cc(-c2ccccc2)nn1. The number of fused-ring (bicyclic) bond motifs is 1. The van der Waals surface area contributed by atoms with Gasteiger partial charge in [0.25, 0.3) is 0 Å². The van der Waals surface area contributed by atoms with E-state index in [4.69, 9.17) is 9.47 Å². The zero-order valence-electron chi connectivity index (χ0n) is 14.0. The van der Waals surface area contributed by atoms with Crippen molar-refractivity contribution in [3.05, 3.63) is 36.5 Å². The fraction of sp³-hybridized carbons (Fsp3) is 0.471. The first-order valence-corrected chi connectivity index (χ1v) is 8.51. The Balaban J connectivity index is 1.45. The van der Waals surface area contributed by atoms with E-state index in [0.717, 1.165) is 11.3 Å². The van der Waals surface area contributed by atoms with Gasteiger partial charge in [-0.2, -0.15) is 0 Å². The molecule has 0 bridgehead atoms. The van der Waals surface area contributed by atoms with Gasteiger partial charge in [-0.05, 0) is 6.92 Å². The second-order valence-corrected chi connectivity index (χ2v) is 6.22. The molecule has 2 aromatic rings. The Hall–Kier alpha value is -2.45. The van der Waals surface area contributed by atoms with Gasteiger partial charge in [-0.15, -0.1) is 5.10 Å². The summed E-state index contributed by atoms with van der Waals surface area (Å²) in [7, 11) is 0. The molecule has 0 aliphatic carbocycles. The topological polar surface area (TPSA) is 90.3 Å². The lowest BCUT2D eigenvalue weighted by atomic mass is 10.1. The predicted octanol–water partition coefficient (Wildman–Crippen LogP) is 0.971. The summed E-state index contributed by atoms with van der Waals surface area (Å²) < 4.78 is 13.6. The number of nitrogens with zero attached hydrogens (tertiary/aromatic N) is 3. The van der Waals surface area contributed by atoms with Gasteiger partial charge in [-0.3, -0.25) is 0 Å². The molecule has 2 fully saturated rings. The highest BCUT2D eigenvalue weighted by atomic mass is 16.6. The summed E-state index contributed by atoms with van der Waals surface area (Å²) in [5.74, 6) is 0. The van der Waals surface area contributed by atoms with Gasteiger partial charge in [-0.1, -0.05) is 35.5 Å². The van der Waals surface area contributed by atoms with Crippen LogP contribution in [0.3, 0.4) is 0 Å². The molecule has 0 saturated carbocycles. The van der Waals surface area contributed by atoms with Crippen molar-refractivity contribution in [2.24, 2.45) is 0 Å². The summed E-state index contributed by atoms with van der Waals surface area (Å²) in [5, 5.41) is 14.2. The third kappa shape index (κ3) is 3.10. The summed E-state index contributed by atoms with van der Waals surface area (Å²) in [5.41, 5.74) is 1.84. The minimum atomic E-state index is -0.198. The van der Waals surface area contributed by atoms with E-state index in [9.17, 15) is 4.79 Å². The predicted molar refractivity (Wildman–Crippen MR) is 90.0 cm³/mol. The molecule has 2 aliphatic heterocycles. The Bertz CT molecular complexity index is 735. The van der Waals surface area contributed by atoms with Crippen molar-refractivity contribution in [1.29, 1.82) is 0 Å². The standard InChI is InChI=1S/C17H21N5O3/c1-2-18-17(23)19-13-9-24-16-14(10-25-15(13)16)22-8-12(20-21-22)11-6-4-3-5-7-11/h3-8,13-16H,2,9-10H2,1H3,(H2,18,19,23)/t13-,14+,15-,16+/m1/s1. The molecule has 2 N–H and O–H groups in total. The third-order valence-electron chi connectivity index (χ3n) is 4.60. The smallest absolute Gasteiger partial charge is 0.315 e. The second kappa shape index (κ2) is 6.81. The maximum absolute atomic E-state index is 11.7. The van der Waals surface area contributed by atoms with Gasteiger partial charge >= 0.3 is 6.03 Å². The van der Waals surface area contributed by atoms with Crippen LogP contribution in [0.5, 0.6) is 0 Å². The van der Waals surface area contributed by atoms with E-state index in [1.165, 1.54) is 0 Å². The van der Waals surface area contributed by atoms with Crippen molar-refractivity contribution in [2.75, 3.05) is 19.8 Å². The monoisotopic (exact) mass is 343 g/mol. The molecule has 2 aliphatic rings. The summed E-state index contributed by atoms with van der Waals surface area (Å²) in [6.45, 7) is 3.38. The zero-order chi connectivity index (χ0) is 17.2. The van der Waals surface area contributed by atoms with Gasteiger partial charge in [0, 0.05) is 12.1 Å². The fourth-order valence-electron chi connectivity index (χ4n) is 3.39. The molecule has 25 heavy (non-hydrogen) atoms. The van der Waals surface area contributed by atoms with Crippen LogP contribution in [0, 0.1) is 0 Å². The quantitative estimate of drug-likeness (QED) is 0.863. The van der Waals surface area contributed by atoms with E-state index in [-0.39, 0.29) is 30.3 Å². The van der Waals surface area contributed by atoms with E-state index in [2.05, 4.69) is 20.9 Å². The van der Waals surface area contributed by atoms with E-state index >= 15 is 0 Å². The van der Waals surface area contributed by atoms with Crippen LogP contribution in [0.15, 0.2) is 36.5 Å². The first kappa shape index (κ1) is 16.0. The van der Waals surface area contributed by atoms with Crippen LogP contribution in [0.25, 0.3) is 11.3 Å². The molecule has 1 aromatic carbocycles. The fourth-order valence-corrected chi connectivity index (χ4v) is 3.39. The number of ether oxygens (including phenoxy) is 2. The van der Waals surface area contributed by atoms with Crippen molar-refractivity contribution < 1.29 is 14.3 Å². The van der Waals surface area contributed by atoms with Crippen molar-refractivity contribution >= 4 is 6.03 Å². The highest BCUT2D eigenvalue weighted by molar-refractivity contribution is 5.74. The number of hydrogen-bond acceptors (Lipinski definition) is 5. The minimum Gasteiger partial charge on any atom is -0.371 e.